The van der Waals surface area contributed by atoms with Gasteiger partial charge < -0.3 is 5.32 Å². The molecule has 25 heavy (non-hydrogen) atoms. The second kappa shape index (κ2) is 7.19. The molecule has 0 saturated heterocycles. The lowest BCUT2D eigenvalue weighted by molar-refractivity contribution is 0.0923. The molecule has 1 atom stereocenters. The molecule has 0 bridgehead atoms. The van der Waals surface area contributed by atoms with E-state index >= 15 is 0 Å². The first kappa shape index (κ1) is 17.4. The van der Waals surface area contributed by atoms with Crippen LogP contribution in [0.3, 0.4) is 0 Å². The number of thiazole rings is 1. The van der Waals surface area contributed by atoms with Crippen molar-refractivity contribution in [3.05, 3.63) is 69.1 Å². The molecule has 130 valence electrons. The molecule has 0 fully saturated rings. The fraction of sp³-hybridized carbons (Fsp3) is 0.316. The number of aryl methyl sites for hydroxylation is 1. The quantitative estimate of drug-likeness (QED) is 0.762. The summed E-state index contributed by atoms with van der Waals surface area (Å²) in [5.74, 6) is -0.201. The van der Waals surface area contributed by atoms with E-state index in [1.807, 2.05) is 26.0 Å². The van der Waals surface area contributed by atoms with E-state index in [2.05, 4.69) is 29.4 Å². The van der Waals surface area contributed by atoms with Crippen molar-refractivity contribution in [1.29, 1.82) is 0 Å². The van der Waals surface area contributed by atoms with Crippen LogP contribution in [-0.4, -0.2) is 15.3 Å². The van der Waals surface area contributed by atoms with Crippen LogP contribution in [0.15, 0.2) is 46.8 Å². The van der Waals surface area contributed by atoms with Crippen LogP contribution < -0.4 is 10.9 Å². The lowest BCUT2D eigenvalue weighted by atomic mass is 9.94. The molecule has 3 rings (SSSR count). The molecule has 5 nitrogen and oxygen atoms in total. The third-order valence-corrected chi connectivity index (χ3v) is 5.06. The number of amides is 1. The van der Waals surface area contributed by atoms with Crippen LogP contribution in [0.25, 0.3) is 4.96 Å². The van der Waals surface area contributed by atoms with Crippen LogP contribution >= 0.6 is 11.3 Å². The minimum Gasteiger partial charge on any atom is -0.345 e. The molecule has 1 aromatic carbocycles. The van der Waals surface area contributed by atoms with Crippen LogP contribution in [0.4, 0.5) is 0 Å². The summed E-state index contributed by atoms with van der Waals surface area (Å²) in [7, 11) is 0. The Morgan fingerprint density at radius 3 is 2.64 bits per heavy atom. The monoisotopic (exact) mass is 355 g/mol. The van der Waals surface area contributed by atoms with Gasteiger partial charge in [0.15, 0.2) is 4.96 Å². The highest BCUT2D eigenvalue weighted by atomic mass is 32.1. The molecular formula is C19H21N3O2S. The molecule has 1 amide bonds. The lowest BCUT2D eigenvalue weighted by Crippen LogP contribution is -2.35. The van der Waals surface area contributed by atoms with Crippen LogP contribution in [0, 0.1) is 5.92 Å². The maximum Gasteiger partial charge on any atom is 0.271 e. The Balaban J connectivity index is 1.89. The molecule has 1 unspecified atom stereocenters. The third-order valence-electron chi connectivity index (χ3n) is 4.29. The van der Waals surface area contributed by atoms with Crippen molar-refractivity contribution in [3.63, 3.8) is 0 Å². The highest BCUT2D eigenvalue weighted by Crippen LogP contribution is 2.22. The number of carbonyl (C=O) groups excluding carboxylic acids is 1. The molecule has 0 spiro atoms. The smallest absolute Gasteiger partial charge is 0.271 e. The molecule has 1 N–H and O–H groups in total. The molecule has 0 saturated carbocycles. The van der Waals surface area contributed by atoms with Crippen molar-refractivity contribution in [2.75, 3.05) is 0 Å². The van der Waals surface area contributed by atoms with Gasteiger partial charge in [-0.3, -0.25) is 14.0 Å². The zero-order chi connectivity index (χ0) is 18.0. The Morgan fingerprint density at radius 1 is 1.28 bits per heavy atom. The number of hydrogen-bond donors (Lipinski definition) is 1. The Labute approximate surface area is 150 Å². The Kier molecular flexibility index (Phi) is 4.99. The molecule has 0 aliphatic carbocycles. The van der Waals surface area contributed by atoms with E-state index in [0.717, 1.165) is 12.0 Å². The first-order valence-corrected chi connectivity index (χ1v) is 9.23. The maximum absolute atomic E-state index is 12.7. The number of nitrogens with zero attached hydrogens (tertiary/aromatic N) is 2. The average Bonchev–Trinajstić information content (AvgIpc) is 3.09. The largest absolute Gasteiger partial charge is 0.345 e. The van der Waals surface area contributed by atoms with Crippen molar-refractivity contribution in [2.24, 2.45) is 5.92 Å². The van der Waals surface area contributed by atoms with Crippen molar-refractivity contribution < 1.29 is 4.79 Å². The molecule has 0 aliphatic rings. The van der Waals surface area contributed by atoms with Gasteiger partial charge in [0.25, 0.3) is 11.5 Å². The number of rotatable bonds is 5. The Morgan fingerprint density at radius 2 is 2.00 bits per heavy atom. The molecular weight excluding hydrogens is 334 g/mol. The fourth-order valence-corrected chi connectivity index (χ4v) is 3.47. The van der Waals surface area contributed by atoms with E-state index in [1.54, 1.807) is 11.6 Å². The summed E-state index contributed by atoms with van der Waals surface area (Å²) < 4.78 is 1.40. The van der Waals surface area contributed by atoms with E-state index in [-0.39, 0.29) is 23.1 Å². The first-order chi connectivity index (χ1) is 12.0. The molecule has 3 aromatic rings. The van der Waals surface area contributed by atoms with E-state index in [0.29, 0.717) is 4.96 Å². The number of fused-ring (bicyclic) bond motifs is 1. The predicted molar refractivity (Wildman–Crippen MR) is 100 cm³/mol. The normalized spacial score (nSPS) is 12.5. The summed E-state index contributed by atoms with van der Waals surface area (Å²) in [5.41, 5.74) is 2.01. The van der Waals surface area contributed by atoms with Gasteiger partial charge in [-0.15, -0.1) is 11.3 Å². The summed E-state index contributed by atoms with van der Waals surface area (Å²) >= 11 is 1.36. The van der Waals surface area contributed by atoms with Crippen molar-refractivity contribution in [1.82, 2.24) is 14.7 Å². The van der Waals surface area contributed by atoms with Crippen LogP contribution in [0.5, 0.6) is 0 Å². The minimum atomic E-state index is -0.392. The molecule has 2 aromatic heterocycles. The number of carbonyl (C=O) groups is 1. The Bertz CT molecular complexity index is 941. The van der Waals surface area contributed by atoms with Gasteiger partial charge in [-0.2, -0.15) is 0 Å². The van der Waals surface area contributed by atoms with Gasteiger partial charge in [-0.1, -0.05) is 45.0 Å². The van der Waals surface area contributed by atoms with E-state index in [9.17, 15) is 9.59 Å². The van der Waals surface area contributed by atoms with Gasteiger partial charge in [-0.25, -0.2) is 4.98 Å². The van der Waals surface area contributed by atoms with Gasteiger partial charge in [0.1, 0.15) is 5.56 Å². The van der Waals surface area contributed by atoms with Crippen molar-refractivity contribution in [3.8, 4) is 0 Å². The number of hydrogen-bond acceptors (Lipinski definition) is 4. The van der Waals surface area contributed by atoms with Crippen LogP contribution in [-0.2, 0) is 6.42 Å². The summed E-state index contributed by atoms with van der Waals surface area (Å²) in [5, 5.41) is 4.77. The van der Waals surface area contributed by atoms with Gasteiger partial charge in [0.2, 0.25) is 0 Å². The third kappa shape index (κ3) is 3.49. The minimum absolute atomic E-state index is 0.0618. The van der Waals surface area contributed by atoms with Crippen LogP contribution in [0.1, 0.15) is 48.3 Å². The second-order valence-electron chi connectivity index (χ2n) is 6.32. The number of benzene rings is 1. The molecule has 2 heterocycles. The maximum atomic E-state index is 12.7. The summed E-state index contributed by atoms with van der Waals surface area (Å²) in [4.78, 5) is 29.9. The lowest BCUT2D eigenvalue weighted by Gasteiger charge is -2.23. The zero-order valence-electron chi connectivity index (χ0n) is 14.5. The topological polar surface area (TPSA) is 63.5 Å². The van der Waals surface area contributed by atoms with Crippen molar-refractivity contribution in [2.45, 2.75) is 33.2 Å². The van der Waals surface area contributed by atoms with Crippen molar-refractivity contribution >= 4 is 22.2 Å². The summed E-state index contributed by atoms with van der Waals surface area (Å²) in [6, 6.07) is 8.06. The molecule has 0 aliphatic heterocycles. The van der Waals surface area contributed by atoms with Crippen LogP contribution in [0.2, 0.25) is 0 Å². The van der Waals surface area contributed by atoms with Gasteiger partial charge in [0.05, 0.1) is 6.04 Å². The van der Waals surface area contributed by atoms with E-state index < -0.39 is 5.91 Å². The number of nitrogens with one attached hydrogen (secondary N) is 1. The number of aromatic nitrogens is 2. The van der Waals surface area contributed by atoms with Gasteiger partial charge in [0, 0.05) is 17.8 Å². The summed E-state index contributed by atoms with van der Waals surface area (Å²) in [6.45, 7) is 6.20. The highest BCUT2D eigenvalue weighted by molar-refractivity contribution is 7.15. The van der Waals surface area contributed by atoms with Gasteiger partial charge in [-0.05, 0) is 23.5 Å². The Hall–Kier alpha value is -2.47. The average molecular weight is 355 g/mol. The SMILES string of the molecule is CCc1ccc(C(NC(=O)c2cnc3sccn3c2=O)C(C)C)cc1. The first-order valence-electron chi connectivity index (χ1n) is 8.35. The molecule has 0 radical (unpaired) electrons. The van der Waals surface area contributed by atoms with E-state index in [1.165, 1.54) is 27.5 Å². The zero-order valence-corrected chi connectivity index (χ0v) is 15.3. The van der Waals surface area contributed by atoms with E-state index in [4.69, 9.17) is 0 Å². The summed E-state index contributed by atoms with van der Waals surface area (Å²) in [6.07, 6.45) is 3.97. The highest BCUT2D eigenvalue weighted by Gasteiger charge is 2.21. The standard InChI is InChI=1S/C19H21N3O2S/c1-4-13-5-7-14(8-6-13)16(12(2)3)21-17(23)15-11-20-19-22(18(15)24)9-10-25-19/h5-12,16H,4H2,1-3H3,(H,21,23). The second-order valence-corrected chi connectivity index (χ2v) is 7.20. The fourth-order valence-electron chi connectivity index (χ4n) is 2.79. The predicted octanol–water partition coefficient (Wildman–Crippen LogP) is 3.45. The molecule has 6 heteroatoms. The van der Waals surface area contributed by atoms with Gasteiger partial charge >= 0.3 is 0 Å².